The van der Waals surface area contributed by atoms with E-state index in [1.54, 1.807) is 6.07 Å². The number of benzene rings is 2. The lowest BCUT2D eigenvalue weighted by Crippen LogP contribution is -2.35. The Labute approximate surface area is 129 Å². The zero-order valence-electron chi connectivity index (χ0n) is 11.0. The van der Waals surface area contributed by atoms with Crippen LogP contribution in [-0.2, 0) is 4.74 Å². The Balaban J connectivity index is 1.80. The van der Waals surface area contributed by atoms with E-state index in [4.69, 9.17) is 14.6 Å². The van der Waals surface area contributed by atoms with Crippen molar-refractivity contribution in [3.8, 4) is 5.75 Å². The molecular formula is C15H15BrO5. The molecule has 5 nitrogen and oxygen atoms in total. The lowest BCUT2D eigenvalue weighted by Gasteiger charge is -2.17. The van der Waals surface area contributed by atoms with Gasteiger partial charge in [-0.2, -0.15) is 0 Å². The monoisotopic (exact) mass is 354 g/mol. The van der Waals surface area contributed by atoms with Crippen molar-refractivity contribution in [2.24, 2.45) is 0 Å². The zero-order chi connectivity index (χ0) is 15.0. The average molecular weight is 355 g/mol. The second-order valence-corrected chi connectivity index (χ2v) is 5.89. The van der Waals surface area contributed by atoms with Gasteiger partial charge in [0.1, 0.15) is 24.1 Å². The van der Waals surface area contributed by atoms with Crippen molar-refractivity contribution in [2.75, 3.05) is 6.61 Å². The summed E-state index contributed by atoms with van der Waals surface area (Å²) in [6.07, 6.45) is -4.18. The fourth-order valence-corrected chi connectivity index (χ4v) is 2.74. The Morgan fingerprint density at radius 1 is 1.05 bits per heavy atom. The van der Waals surface area contributed by atoms with Crippen LogP contribution in [0.15, 0.2) is 40.9 Å². The predicted molar refractivity (Wildman–Crippen MR) is 80.0 cm³/mol. The summed E-state index contributed by atoms with van der Waals surface area (Å²) in [6, 6.07) is 11.4. The van der Waals surface area contributed by atoms with Crippen LogP contribution in [0.5, 0.6) is 5.75 Å². The van der Waals surface area contributed by atoms with E-state index in [0.717, 1.165) is 15.2 Å². The topological polar surface area (TPSA) is 79.2 Å². The summed E-state index contributed by atoms with van der Waals surface area (Å²) >= 11 is 3.42. The normalized spacial score (nSPS) is 29.0. The first-order chi connectivity index (χ1) is 10.1. The second kappa shape index (κ2) is 5.90. The Bertz CT molecular complexity index is 647. The van der Waals surface area contributed by atoms with Gasteiger partial charge in [0, 0.05) is 4.47 Å². The third-order valence-corrected chi connectivity index (χ3v) is 4.02. The van der Waals surface area contributed by atoms with E-state index >= 15 is 0 Å². The number of rotatable bonds is 3. The molecule has 6 heteroatoms. The Morgan fingerprint density at radius 2 is 1.76 bits per heavy atom. The highest BCUT2D eigenvalue weighted by Crippen LogP contribution is 2.28. The number of ether oxygens (including phenoxy) is 2. The van der Waals surface area contributed by atoms with Crippen LogP contribution in [0.3, 0.4) is 0 Å². The molecule has 1 aliphatic heterocycles. The molecule has 112 valence electrons. The first-order valence-corrected chi connectivity index (χ1v) is 7.36. The third kappa shape index (κ3) is 2.90. The van der Waals surface area contributed by atoms with E-state index in [1.165, 1.54) is 0 Å². The van der Waals surface area contributed by atoms with Gasteiger partial charge in [-0.1, -0.05) is 28.1 Å². The van der Waals surface area contributed by atoms with E-state index in [0.29, 0.717) is 5.75 Å². The van der Waals surface area contributed by atoms with Crippen molar-refractivity contribution in [2.45, 2.75) is 24.6 Å². The fraction of sp³-hybridized carbons (Fsp3) is 0.333. The minimum absolute atomic E-state index is 0.371. The van der Waals surface area contributed by atoms with Crippen LogP contribution >= 0.6 is 15.9 Å². The lowest BCUT2D eigenvalue weighted by atomic mass is 10.1. The molecule has 0 unspecified atom stereocenters. The standard InChI is InChI=1S/C15H15BrO5/c16-10-3-1-9-6-11(4-2-8(9)5-10)20-15-14(19)13(18)12(7-17)21-15/h1-6,12-15,17-19H,7H2/t12-,13+,14+,15-/m0/s1. The zero-order valence-corrected chi connectivity index (χ0v) is 12.6. The summed E-state index contributed by atoms with van der Waals surface area (Å²) in [5, 5.41) is 30.6. The molecule has 1 saturated heterocycles. The molecule has 2 aromatic carbocycles. The molecule has 0 spiro atoms. The highest BCUT2D eigenvalue weighted by molar-refractivity contribution is 9.10. The number of hydrogen-bond donors (Lipinski definition) is 3. The quantitative estimate of drug-likeness (QED) is 0.776. The molecule has 0 amide bonds. The molecule has 0 radical (unpaired) electrons. The molecule has 0 saturated carbocycles. The summed E-state index contributed by atoms with van der Waals surface area (Å²) in [6.45, 7) is -0.371. The number of fused-ring (bicyclic) bond motifs is 1. The molecule has 0 aliphatic carbocycles. The van der Waals surface area contributed by atoms with Crippen molar-refractivity contribution < 1.29 is 24.8 Å². The van der Waals surface area contributed by atoms with Crippen LogP contribution < -0.4 is 4.74 Å². The molecule has 4 atom stereocenters. The van der Waals surface area contributed by atoms with Gasteiger partial charge in [0.05, 0.1) is 6.61 Å². The summed E-state index contributed by atoms with van der Waals surface area (Å²) in [7, 11) is 0. The fourth-order valence-electron chi connectivity index (χ4n) is 2.36. The van der Waals surface area contributed by atoms with Crippen LogP contribution in [0.2, 0.25) is 0 Å². The van der Waals surface area contributed by atoms with Gasteiger partial charge in [-0.15, -0.1) is 0 Å². The van der Waals surface area contributed by atoms with Crippen LogP contribution in [0, 0.1) is 0 Å². The smallest absolute Gasteiger partial charge is 0.229 e. The SMILES string of the molecule is OC[C@@H]1O[C@H](Oc2ccc3cc(Br)ccc3c2)[C@H](O)[C@@H]1O. The molecule has 1 fully saturated rings. The van der Waals surface area contributed by atoms with Crippen molar-refractivity contribution in [3.05, 3.63) is 40.9 Å². The van der Waals surface area contributed by atoms with Gasteiger partial charge in [0.25, 0.3) is 0 Å². The molecule has 3 rings (SSSR count). The molecule has 0 bridgehead atoms. The molecule has 0 aromatic heterocycles. The summed E-state index contributed by atoms with van der Waals surface area (Å²) in [5.74, 6) is 0.527. The highest BCUT2D eigenvalue weighted by Gasteiger charge is 2.43. The van der Waals surface area contributed by atoms with Gasteiger partial charge < -0.3 is 24.8 Å². The van der Waals surface area contributed by atoms with E-state index in [1.807, 2.05) is 30.3 Å². The van der Waals surface area contributed by atoms with Crippen LogP contribution in [0.4, 0.5) is 0 Å². The van der Waals surface area contributed by atoms with Crippen molar-refractivity contribution in [1.29, 1.82) is 0 Å². The molecule has 2 aromatic rings. The average Bonchev–Trinajstić information content (AvgIpc) is 2.75. The number of aliphatic hydroxyl groups is 3. The largest absolute Gasteiger partial charge is 0.462 e. The maximum absolute atomic E-state index is 9.85. The van der Waals surface area contributed by atoms with Gasteiger partial charge in [-0.3, -0.25) is 0 Å². The predicted octanol–water partition coefficient (Wildman–Crippen LogP) is 1.42. The number of halogens is 1. The molecule has 3 N–H and O–H groups in total. The summed E-state index contributed by atoms with van der Waals surface area (Å²) in [5.41, 5.74) is 0. The van der Waals surface area contributed by atoms with Crippen molar-refractivity contribution in [3.63, 3.8) is 0 Å². The maximum Gasteiger partial charge on any atom is 0.229 e. The van der Waals surface area contributed by atoms with Crippen molar-refractivity contribution >= 4 is 26.7 Å². The van der Waals surface area contributed by atoms with Crippen LogP contribution in [0.25, 0.3) is 10.8 Å². The first-order valence-electron chi connectivity index (χ1n) is 6.57. The van der Waals surface area contributed by atoms with Gasteiger partial charge in [0.15, 0.2) is 0 Å². The van der Waals surface area contributed by atoms with Crippen LogP contribution in [0.1, 0.15) is 0 Å². The van der Waals surface area contributed by atoms with Crippen molar-refractivity contribution in [1.82, 2.24) is 0 Å². The Hall–Kier alpha value is -1.18. The van der Waals surface area contributed by atoms with E-state index in [9.17, 15) is 10.2 Å². The Kier molecular flexibility index (Phi) is 4.14. The first kappa shape index (κ1) is 14.7. The number of aliphatic hydroxyl groups excluding tert-OH is 3. The molecule has 21 heavy (non-hydrogen) atoms. The van der Waals surface area contributed by atoms with Gasteiger partial charge in [0.2, 0.25) is 6.29 Å². The molecule has 1 heterocycles. The summed E-state index contributed by atoms with van der Waals surface area (Å²) < 4.78 is 11.9. The van der Waals surface area contributed by atoms with Gasteiger partial charge >= 0.3 is 0 Å². The maximum atomic E-state index is 9.85. The van der Waals surface area contributed by atoms with E-state index in [-0.39, 0.29) is 6.61 Å². The minimum atomic E-state index is -1.19. The molecule has 1 aliphatic rings. The van der Waals surface area contributed by atoms with Gasteiger partial charge in [-0.05, 0) is 35.0 Å². The number of hydrogen-bond acceptors (Lipinski definition) is 5. The Morgan fingerprint density at radius 3 is 2.48 bits per heavy atom. The lowest BCUT2D eigenvalue weighted by molar-refractivity contribution is -0.116. The van der Waals surface area contributed by atoms with E-state index in [2.05, 4.69) is 15.9 Å². The van der Waals surface area contributed by atoms with Crippen LogP contribution in [-0.4, -0.2) is 46.5 Å². The second-order valence-electron chi connectivity index (χ2n) is 4.98. The minimum Gasteiger partial charge on any atom is -0.462 e. The van der Waals surface area contributed by atoms with Gasteiger partial charge in [-0.25, -0.2) is 0 Å². The molecular weight excluding hydrogens is 340 g/mol. The third-order valence-electron chi connectivity index (χ3n) is 3.52. The highest BCUT2D eigenvalue weighted by atomic mass is 79.9. The van der Waals surface area contributed by atoms with E-state index < -0.39 is 24.6 Å². The summed E-state index contributed by atoms with van der Waals surface area (Å²) in [4.78, 5) is 0.